The van der Waals surface area contributed by atoms with E-state index < -0.39 is 59.8 Å². The Kier molecular flexibility index (Phi) is 36.4. The third kappa shape index (κ3) is 33.0. The molecule has 0 aliphatic rings. The fraction of sp³-hybridized carbons (Fsp3) is 0.627. The van der Waals surface area contributed by atoms with Crippen LogP contribution in [0, 0.1) is 5.92 Å². The van der Waals surface area contributed by atoms with Crippen molar-refractivity contribution in [2.45, 2.75) is 84.5 Å². The van der Waals surface area contributed by atoms with Gasteiger partial charge in [-0.25, -0.2) is 14.4 Å². The Balaban J connectivity index is 1.55. The first-order valence-electron chi connectivity index (χ1n) is 25.0. The molecule has 0 spiro atoms. The zero-order chi connectivity index (χ0) is 53.2. The SMILES string of the molecule is CCCCNC(=O)CCOCCOCCOCCOCCOCCOCCOCCOCCNC(=O)CCC(NC(=O)OCc1ccccc1)C(=O)NC(C(=O)NC(C)C(=O)OC(=O)c1ccccc1)C(C)C. The Labute approximate surface area is 429 Å². The maximum atomic E-state index is 13.6. The van der Waals surface area contributed by atoms with E-state index in [4.69, 9.17) is 47.4 Å². The molecule has 0 aromatic heterocycles. The molecule has 410 valence electrons. The summed E-state index contributed by atoms with van der Waals surface area (Å²) in [5.74, 6) is -4.30. The number of rotatable bonds is 43. The van der Waals surface area contributed by atoms with Crippen molar-refractivity contribution in [1.82, 2.24) is 26.6 Å². The number of nitrogens with one attached hydrogen (secondary N) is 5. The number of carbonyl (C=O) groups excluding carboxylic acids is 7. The monoisotopic (exact) mass is 1030 g/mol. The van der Waals surface area contributed by atoms with Crippen LogP contribution in [0.1, 0.15) is 75.7 Å². The molecule has 2 aromatic carbocycles. The van der Waals surface area contributed by atoms with Crippen molar-refractivity contribution in [3.63, 3.8) is 0 Å². The van der Waals surface area contributed by atoms with E-state index in [2.05, 4.69) is 33.5 Å². The number of amides is 5. The van der Waals surface area contributed by atoms with E-state index in [-0.39, 0.29) is 50.7 Å². The lowest BCUT2D eigenvalue weighted by Gasteiger charge is -2.26. The molecule has 0 aliphatic carbocycles. The molecular weight excluding hydrogens is 955 g/mol. The molecule has 0 aliphatic heterocycles. The molecular formula is C51H79N5O17. The maximum Gasteiger partial charge on any atom is 0.408 e. The number of alkyl carbamates (subject to hydrolysis) is 1. The Bertz CT molecular complexity index is 1830. The Morgan fingerprint density at radius 3 is 1.48 bits per heavy atom. The van der Waals surface area contributed by atoms with E-state index in [1.54, 1.807) is 56.3 Å². The molecule has 5 N–H and O–H groups in total. The molecule has 3 atom stereocenters. The van der Waals surface area contributed by atoms with Crippen molar-refractivity contribution in [2.75, 3.05) is 119 Å². The molecule has 0 saturated carbocycles. The minimum Gasteiger partial charge on any atom is -0.445 e. The number of hydrogen-bond acceptors (Lipinski definition) is 17. The summed E-state index contributed by atoms with van der Waals surface area (Å²) in [6, 6.07) is 13.0. The van der Waals surface area contributed by atoms with Gasteiger partial charge in [0.25, 0.3) is 0 Å². The van der Waals surface area contributed by atoms with Crippen molar-refractivity contribution < 1.29 is 80.9 Å². The smallest absolute Gasteiger partial charge is 0.408 e. The minimum absolute atomic E-state index is 0.00238. The molecule has 0 heterocycles. The minimum atomic E-state index is -1.29. The number of esters is 2. The quantitative estimate of drug-likeness (QED) is 0.0363. The van der Waals surface area contributed by atoms with E-state index in [1.165, 1.54) is 19.1 Å². The highest BCUT2D eigenvalue weighted by Crippen LogP contribution is 2.09. The van der Waals surface area contributed by atoms with Gasteiger partial charge in [-0.05, 0) is 43.4 Å². The normalized spacial score (nSPS) is 12.3. The average Bonchev–Trinajstić information content (AvgIpc) is 3.38. The number of ether oxygens (including phenoxy) is 10. The van der Waals surface area contributed by atoms with Gasteiger partial charge in [0.15, 0.2) is 0 Å². The summed E-state index contributed by atoms with van der Waals surface area (Å²) < 4.78 is 54.1. The van der Waals surface area contributed by atoms with Gasteiger partial charge in [-0.1, -0.05) is 75.7 Å². The van der Waals surface area contributed by atoms with Gasteiger partial charge in [0.1, 0.15) is 24.7 Å². The van der Waals surface area contributed by atoms with Crippen molar-refractivity contribution in [3.05, 3.63) is 71.8 Å². The van der Waals surface area contributed by atoms with Gasteiger partial charge in [0, 0.05) is 25.9 Å². The molecule has 0 radical (unpaired) electrons. The Hall–Kier alpha value is -5.59. The first-order chi connectivity index (χ1) is 35.4. The molecule has 2 aromatic rings. The second-order valence-corrected chi connectivity index (χ2v) is 16.5. The van der Waals surface area contributed by atoms with Crippen LogP contribution in [0.5, 0.6) is 0 Å². The van der Waals surface area contributed by atoms with Crippen LogP contribution in [0.4, 0.5) is 4.79 Å². The van der Waals surface area contributed by atoms with Crippen molar-refractivity contribution in [3.8, 4) is 0 Å². The highest BCUT2D eigenvalue weighted by atomic mass is 16.6. The van der Waals surface area contributed by atoms with Crippen molar-refractivity contribution in [1.29, 1.82) is 0 Å². The first-order valence-corrected chi connectivity index (χ1v) is 25.0. The van der Waals surface area contributed by atoms with Crippen LogP contribution in [-0.2, 0) is 77.9 Å². The molecule has 73 heavy (non-hydrogen) atoms. The van der Waals surface area contributed by atoms with Crippen LogP contribution in [0.2, 0.25) is 0 Å². The second kappa shape index (κ2) is 41.8. The van der Waals surface area contributed by atoms with Crippen molar-refractivity contribution in [2.24, 2.45) is 5.92 Å². The largest absolute Gasteiger partial charge is 0.445 e. The predicted molar refractivity (Wildman–Crippen MR) is 266 cm³/mol. The van der Waals surface area contributed by atoms with Crippen LogP contribution in [0.3, 0.4) is 0 Å². The van der Waals surface area contributed by atoms with Crippen LogP contribution < -0.4 is 26.6 Å². The fourth-order valence-electron chi connectivity index (χ4n) is 6.07. The second-order valence-electron chi connectivity index (χ2n) is 16.5. The van der Waals surface area contributed by atoms with E-state index >= 15 is 0 Å². The standard InChI is InChI=1S/C51H79N5O17/c1-5-6-20-52-45(58)19-22-64-24-26-66-28-30-68-32-34-70-36-37-71-35-33-69-31-29-67-27-25-65-23-21-53-44(57)18-17-43(55-51(63)72-38-41-13-9-7-10-14-41)47(59)56-46(39(2)3)48(60)54-40(4)49(61)73-50(62)42-15-11-8-12-16-42/h7-16,39-40,43,46H,5-6,17-38H2,1-4H3,(H,52,58)(H,53,57)(H,54,60)(H,55,63)(H,56,59). The summed E-state index contributed by atoms with van der Waals surface area (Å²) in [6.45, 7) is 13.7. The van der Waals surface area contributed by atoms with Gasteiger partial charge in [-0.2, -0.15) is 0 Å². The van der Waals surface area contributed by atoms with Crippen LogP contribution >= 0.6 is 0 Å². The Morgan fingerprint density at radius 2 is 0.973 bits per heavy atom. The lowest BCUT2D eigenvalue weighted by molar-refractivity contribution is -0.142. The first kappa shape index (κ1) is 63.5. The van der Waals surface area contributed by atoms with E-state index in [9.17, 15) is 33.6 Å². The van der Waals surface area contributed by atoms with Crippen molar-refractivity contribution >= 4 is 41.7 Å². The summed E-state index contributed by atoms with van der Waals surface area (Å²) in [5.41, 5.74) is 0.862. The lowest BCUT2D eigenvalue weighted by Crippen LogP contribution is -2.57. The van der Waals surface area contributed by atoms with Gasteiger partial charge < -0.3 is 74.0 Å². The highest BCUT2D eigenvalue weighted by Gasteiger charge is 2.32. The molecule has 22 nitrogen and oxygen atoms in total. The number of carbonyl (C=O) groups is 7. The zero-order valence-corrected chi connectivity index (χ0v) is 43.0. The summed E-state index contributed by atoms with van der Waals surface area (Å²) >= 11 is 0. The van der Waals surface area contributed by atoms with Gasteiger partial charge in [-0.15, -0.1) is 0 Å². The topological polar surface area (TPSA) is 272 Å². The molecule has 2 rings (SSSR count). The third-order valence-corrected chi connectivity index (χ3v) is 10.1. The molecule has 5 amide bonds. The van der Waals surface area contributed by atoms with Crippen LogP contribution in [0.25, 0.3) is 0 Å². The number of unbranched alkanes of at least 4 members (excludes halogenated alkanes) is 1. The summed E-state index contributed by atoms with van der Waals surface area (Å²) in [6.07, 6.45) is 1.12. The predicted octanol–water partition coefficient (Wildman–Crippen LogP) is 2.65. The zero-order valence-electron chi connectivity index (χ0n) is 43.0. The van der Waals surface area contributed by atoms with Crippen LogP contribution in [-0.4, -0.2) is 179 Å². The van der Waals surface area contributed by atoms with E-state index in [1.807, 2.05) is 6.07 Å². The van der Waals surface area contributed by atoms with Gasteiger partial charge in [0.05, 0.1) is 111 Å². The van der Waals surface area contributed by atoms with Crippen LogP contribution in [0.15, 0.2) is 60.7 Å². The molecule has 22 heteroatoms. The van der Waals surface area contributed by atoms with E-state index in [0.29, 0.717) is 111 Å². The van der Waals surface area contributed by atoms with E-state index in [0.717, 1.165) is 12.8 Å². The average molecular weight is 1030 g/mol. The Morgan fingerprint density at radius 1 is 0.507 bits per heavy atom. The summed E-state index contributed by atoms with van der Waals surface area (Å²) in [5, 5.41) is 13.1. The number of benzene rings is 2. The summed E-state index contributed by atoms with van der Waals surface area (Å²) in [4.78, 5) is 89.2. The third-order valence-electron chi connectivity index (χ3n) is 10.1. The molecule has 3 unspecified atom stereocenters. The molecule has 0 bridgehead atoms. The van der Waals surface area contributed by atoms with Gasteiger partial charge >= 0.3 is 18.0 Å². The fourth-order valence-corrected chi connectivity index (χ4v) is 6.07. The molecule has 0 saturated heterocycles. The van der Waals surface area contributed by atoms with Gasteiger partial charge in [-0.3, -0.25) is 19.2 Å². The number of hydrogen-bond donors (Lipinski definition) is 5. The maximum absolute atomic E-state index is 13.6. The van der Waals surface area contributed by atoms with Gasteiger partial charge in [0.2, 0.25) is 23.6 Å². The molecule has 0 fully saturated rings. The highest BCUT2D eigenvalue weighted by molar-refractivity contribution is 5.99. The lowest BCUT2D eigenvalue weighted by atomic mass is 10.0. The summed E-state index contributed by atoms with van der Waals surface area (Å²) in [7, 11) is 0.